The lowest BCUT2D eigenvalue weighted by atomic mass is 9.86. The molecule has 0 fully saturated rings. The highest BCUT2D eigenvalue weighted by Gasteiger charge is 2.21. The highest BCUT2D eigenvalue weighted by Crippen LogP contribution is 2.30. The predicted molar refractivity (Wildman–Crippen MR) is 160 cm³/mol. The van der Waals surface area contributed by atoms with Gasteiger partial charge >= 0.3 is 0 Å². The highest BCUT2D eigenvalue weighted by atomic mass is 19.1. The van der Waals surface area contributed by atoms with Crippen molar-refractivity contribution in [3.05, 3.63) is 92.3 Å². The molecule has 1 aromatic carbocycles. The molecule has 41 heavy (non-hydrogen) atoms. The van der Waals surface area contributed by atoms with Crippen molar-refractivity contribution in [1.29, 1.82) is 0 Å². The van der Waals surface area contributed by atoms with Gasteiger partial charge in [-0.1, -0.05) is 27.7 Å². The van der Waals surface area contributed by atoms with Gasteiger partial charge in [0.2, 0.25) is 0 Å². The molecule has 0 spiro atoms. The fourth-order valence-corrected chi connectivity index (χ4v) is 5.08. The Balaban J connectivity index is 1.64. The van der Waals surface area contributed by atoms with Crippen LogP contribution in [0.5, 0.6) is 0 Å². The molecule has 0 aliphatic rings. The van der Waals surface area contributed by atoms with Crippen molar-refractivity contribution in [3.63, 3.8) is 0 Å². The fraction of sp³-hybridized carbons (Fsp3) is 0.323. The number of anilines is 2. The van der Waals surface area contributed by atoms with Crippen LogP contribution >= 0.6 is 0 Å². The first-order chi connectivity index (χ1) is 19.4. The van der Waals surface area contributed by atoms with Gasteiger partial charge in [0.15, 0.2) is 11.6 Å². The number of benzene rings is 1. The molecule has 9 nitrogen and oxygen atoms in total. The van der Waals surface area contributed by atoms with Crippen LogP contribution in [0.1, 0.15) is 51.4 Å². The van der Waals surface area contributed by atoms with Crippen molar-refractivity contribution in [3.8, 4) is 16.9 Å². The maximum absolute atomic E-state index is 15.3. The number of nitrogens with zero attached hydrogens (tertiary/aromatic N) is 6. The van der Waals surface area contributed by atoms with Crippen LogP contribution in [0.15, 0.2) is 58.5 Å². The van der Waals surface area contributed by atoms with Gasteiger partial charge in [0.1, 0.15) is 11.5 Å². The quantitative estimate of drug-likeness (QED) is 0.301. The Kier molecular flexibility index (Phi) is 7.10. The second-order valence-corrected chi connectivity index (χ2v) is 11.2. The third-order valence-corrected chi connectivity index (χ3v) is 7.33. The van der Waals surface area contributed by atoms with Crippen molar-refractivity contribution >= 4 is 22.3 Å². The second kappa shape index (κ2) is 10.4. The summed E-state index contributed by atoms with van der Waals surface area (Å²) in [5.41, 5.74) is 3.33. The first kappa shape index (κ1) is 27.9. The van der Waals surface area contributed by atoms with Gasteiger partial charge in [-0.3, -0.25) is 14.3 Å². The monoisotopic (exact) mass is 555 g/mol. The van der Waals surface area contributed by atoms with Crippen LogP contribution < -0.4 is 16.4 Å². The molecule has 1 N–H and O–H groups in total. The molecule has 0 radical (unpaired) electrons. The van der Waals surface area contributed by atoms with Crippen molar-refractivity contribution in [2.75, 3.05) is 5.32 Å². The number of halogens is 1. The van der Waals surface area contributed by atoms with Crippen molar-refractivity contribution in [2.45, 2.75) is 59.9 Å². The van der Waals surface area contributed by atoms with E-state index in [1.165, 1.54) is 16.8 Å². The second-order valence-electron chi connectivity index (χ2n) is 11.2. The topological polar surface area (TPSA) is 99.6 Å². The van der Waals surface area contributed by atoms with Gasteiger partial charge in [-0.25, -0.2) is 9.37 Å². The van der Waals surface area contributed by atoms with Gasteiger partial charge in [0, 0.05) is 54.3 Å². The van der Waals surface area contributed by atoms with E-state index >= 15 is 4.39 Å². The smallest absolute Gasteiger partial charge is 0.283 e. The lowest BCUT2D eigenvalue weighted by molar-refractivity contribution is 0.576. The van der Waals surface area contributed by atoms with Crippen LogP contribution in [0.3, 0.4) is 0 Å². The maximum Gasteiger partial charge on any atom is 0.283 e. The number of nitrogens with one attached hydrogen (secondary N) is 1. The Morgan fingerprint density at radius 2 is 1.80 bits per heavy atom. The minimum atomic E-state index is -0.586. The summed E-state index contributed by atoms with van der Waals surface area (Å²) >= 11 is 0. The van der Waals surface area contributed by atoms with Crippen LogP contribution in [0, 0.1) is 12.7 Å². The third kappa shape index (κ3) is 5.05. The number of aromatic nitrogens is 6. The molecule has 0 aliphatic carbocycles. The molecule has 5 aromatic rings. The largest absolute Gasteiger partial charge is 0.334 e. The molecule has 5 rings (SSSR count). The third-order valence-electron chi connectivity index (χ3n) is 7.33. The van der Waals surface area contributed by atoms with Crippen LogP contribution in [-0.2, 0) is 25.4 Å². The Morgan fingerprint density at radius 1 is 1.05 bits per heavy atom. The zero-order valence-corrected chi connectivity index (χ0v) is 24.4. The molecule has 0 aliphatic heterocycles. The number of rotatable bonds is 6. The summed E-state index contributed by atoms with van der Waals surface area (Å²) in [5.74, 6) is 0.308. The fourth-order valence-electron chi connectivity index (χ4n) is 5.08. The number of hydrogen-bond acceptors (Lipinski definition) is 6. The van der Waals surface area contributed by atoms with E-state index in [9.17, 15) is 9.59 Å². The van der Waals surface area contributed by atoms with Crippen molar-refractivity contribution < 1.29 is 4.39 Å². The Bertz CT molecular complexity index is 1910. The Hall–Kier alpha value is -4.60. The molecule has 0 atom stereocenters. The summed E-state index contributed by atoms with van der Waals surface area (Å²) in [6.07, 6.45) is 5.36. The van der Waals surface area contributed by atoms with Gasteiger partial charge in [-0.15, -0.1) is 0 Å². The molecule has 0 bridgehead atoms. The van der Waals surface area contributed by atoms with Crippen LogP contribution in [-0.4, -0.2) is 29.1 Å². The van der Waals surface area contributed by atoms with E-state index in [4.69, 9.17) is 0 Å². The minimum Gasteiger partial charge on any atom is -0.334 e. The van der Waals surface area contributed by atoms with Gasteiger partial charge in [0.25, 0.3) is 11.1 Å². The summed E-state index contributed by atoms with van der Waals surface area (Å²) < 4.78 is 19.8. The van der Waals surface area contributed by atoms with E-state index in [-0.39, 0.29) is 16.4 Å². The molecule has 0 saturated carbocycles. The predicted octanol–water partition coefficient (Wildman–Crippen LogP) is 5.41. The summed E-state index contributed by atoms with van der Waals surface area (Å²) in [4.78, 5) is 31.1. The van der Waals surface area contributed by atoms with E-state index in [1.807, 2.05) is 64.4 Å². The van der Waals surface area contributed by atoms with Crippen LogP contribution in [0.4, 0.5) is 15.9 Å². The van der Waals surface area contributed by atoms with E-state index < -0.39 is 11.4 Å². The lowest BCUT2D eigenvalue weighted by Crippen LogP contribution is -2.25. The number of fused-ring (bicyclic) bond motifs is 1. The zero-order chi connectivity index (χ0) is 29.6. The maximum atomic E-state index is 15.3. The molecule has 0 amide bonds. The Morgan fingerprint density at radius 3 is 2.46 bits per heavy atom. The first-order valence-electron chi connectivity index (χ1n) is 13.7. The van der Waals surface area contributed by atoms with Crippen LogP contribution in [0.2, 0.25) is 0 Å². The zero-order valence-electron chi connectivity index (χ0n) is 24.4. The van der Waals surface area contributed by atoms with Gasteiger partial charge in [-0.05, 0) is 61.1 Å². The van der Waals surface area contributed by atoms with E-state index in [0.717, 1.165) is 39.2 Å². The summed E-state index contributed by atoms with van der Waals surface area (Å²) in [6, 6.07) is 8.73. The van der Waals surface area contributed by atoms with Crippen molar-refractivity contribution in [1.82, 2.24) is 29.1 Å². The number of aryl methyl sites for hydroxylation is 3. The summed E-state index contributed by atoms with van der Waals surface area (Å²) in [6.45, 7) is 12.6. The van der Waals surface area contributed by atoms with E-state index in [1.54, 1.807) is 25.5 Å². The molecule has 212 valence electrons. The molecular formula is C31H34FN7O2. The molecular weight excluding hydrogens is 521 g/mol. The average Bonchev–Trinajstić information content (AvgIpc) is 3.28. The molecule has 0 unspecified atom stereocenters. The van der Waals surface area contributed by atoms with Crippen LogP contribution in [0.25, 0.3) is 27.7 Å². The van der Waals surface area contributed by atoms with Crippen molar-refractivity contribution in [2.24, 2.45) is 7.05 Å². The van der Waals surface area contributed by atoms with E-state index in [2.05, 4.69) is 20.5 Å². The highest BCUT2D eigenvalue weighted by molar-refractivity contribution is 5.83. The molecule has 4 heterocycles. The molecule has 4 aromatic heterocycles. The number of hydrogen-bond donors (Lipinski definition) is 1. The number of pyridine rings is 2. The minimum absolute atomic E-state index is 0.0299. The molecule has 0 saturated heterocycles. The molecule has 10 heteroatoms. The lowest BCUT2D eigenvalue weighted by Gasteiger charge is -2.20. The van der Waals surface area contributed by atoms with Gasteiger partial charge in [-0.2, -0.15) is 14.9 Å². The Labute approximate surface area is 237 Å². The normalized spacial score (nSPS) is 11.8. The summed E-state index contributed by atoms with van der Waals surface area (Å²) in [5, 5.41) is 12.5. The average molecular weight is 556 g/mol. The SMILES string of the molecule is CCc1c(-c2cc(Nc3cc(C)n(CC)n3)c(=O)n(C)c2)ccnc1-n1ncc2cc(C(C)(C)C)cc(F)c2c1=O. The summed E-state index contributed by atoms with van der Waals surface area (Å²) in [7, 11) is 1.69. The van der Waals surface area contributed by atoms with Gasteiger partial charge < -0.3 is 9.88 Å². The standard InChI is InChI=1S/C31H34FN7O2/c1-8-22-23(20-14-25(29(40)37(7)17-20)35-26-12-18(3)38(9-2)36-26)10-11-33-28(22)39-30(41)27-19(16-34-39)13-21(15-24(27)32)31(4,5)6/h10-17H,8-9H2,1-7H3,(H,35,36). The van der Waals surface area contributed by atoms with Gasteiger partial charge in [0.05, 0.1) is 11.6 Å². The van der Waals surface area contributed by atoms with E-state index in [0.29, 0.717) is 29.1 Å². The first-order valence-corrected chi connectivity index (χ1v) is 13.7.